The van der Waals surface area contributed by atoms with Gasteiger partial charge in [-0.15, -0.1) is 0 Å². The van der Waals surface area contributed by atoms with Crippen molar-refractivity contribution in [1.29, 1.82) is 0 Å². The Morgan fingerprint density at radius 1 is 0.451 bits per heavy atom. The van der Waals surface area contributed by atoms with Gasteiger partial charge in [-0.2, -0.15) is 0 Å². The summed E-state index contributed by atoms with van der Waals surface area (Å²) in [5, 5.41) is 0. The van der Waals surface area contributed by atoms with Gasteiger partial charge in [0.25, 0.3) is 0 Å². The van der Waals surface area contributed by atoms with Gasteiger partial charge in [-0.3, -0.25) is 0 Å². The number of nitrogens with zero attached hydrogens (tertiary/aromatic N) is 2. The third-order valence-corrected chi connectivity index (χ3v) is 32.7. The average molecular weight is 963 g/mol. The molecule has 0 spiro atoms. The van der Waals surface area contributed by atoms with E-state index in [4.69, 9.17) is 8.75 Å². The van der Waals surface area contributed by atoms with Gasteiger partial charge in [-0.1, -0.05) is 26.7 Å². The molecule has 0 saturated carbocycles. The Bertz CT molecular complexity index is 1450. The van der Waals surface area contributed by atoms with Crippen molar-refractivity contribution in [2.45, 2.75) is 185 Å². The van der Waals surface area contributed by atoms with Gasteiger partial charge in [0.1, 0.15) is 0 Å². The van der Waals surface area contributed by atoms with Crippen LogP contribution in [0.25, 0.3) is 31.9 Å². The standard InChI is InChI=1S/C38H54N2S3.6CH3.2Sn/c1-3-5-7-9-11-13-15-17-19-21-23-31-27-35(41-29-31)33-25-26-34(38-37(33)39-43-40-38)36-28-32(30-42-36)24-22-20-18-16-14-12-10-8-6-4-2;;;;;;;;/h25-28H,3-24H2,1-2H3;6*1H3;;. The quantitative estimate of drug-likeness (QED) is 0.0463. The van der Waals surface area contributed by atoms with Crippen molar-refractivity contribution in [2.24, 2.45) is 0 Å². The molecule has 0 aliphatic heterocycles. The fourth-order valence-electron chi connectivity index (χ4n) is 7.63. The summed E-state index contributed by atoms with van der Waals surface area (Å²) in [7, 11) is 0. The molecule has 1 aromatic carbocycles. The maximum atomic E-state index is 4.97. The van der Waals surface area contributed by atoms with Crippen LogP contribution in [0.1, 0.15) is 153 Å². The summed E-state index contributed by atoms with van der Waals surface area (Å²) in [5.41, 5.74) is 8.13. The molecule has 51 heavy (non-hydrogen) atoms. The summed E-state index contributed by atoms with van der Waals surface area (Å²) in [5.74, 6) is 0. The van der Waals surface area contributed by atoms with E-state index in [0.717, 1.165) is 11.0 Å². The topological polar surface area (TPSA) is 25.8 Å². The van der Waals surface area contributed by atoms with Gasteiger partial charge in [-0.25, -0.2) is 0 Å². The van der Waals surface area contributed by atoms with Gasteiger partial charge >= 0.3 is 311 Å². The molecule has 284 valence electrons. The normalized spacial score (nSPS) is 12.5. The molecule has 0 N–H and O–H groups in total. The first-order valence-electron chi connectivity index (χ1n) is 21.1. The van der Waals surface area contributed by atoms with Crippen LogP contribution in [0, 0.1) is 0 Å². The molecule has 0 unspecified atom stereocenters. The number of rotatable bonds is 26. The van der Waals surface area contributed by atoms with E-state index in [-0.39, 0.29) is 0 Å². The molecular formula is C44H72N2S3Sn2. The molecular weight excluding hydrogens is 890 g/mol. The molecule has 0 aliphatic rings. The maximum absolute atomic E-state index is 4.97. The molecule has 3 heterocycles. The van der Waals surface area contributed by atoms with Crippen molar-refractivity contribution in [3.05, 3.63) is 35.4 Å². The summed E-state index contributed by atoms with van der Waals surface area (Å²) >= 11 is 1.02. The molecule has 0 radical (unpaired) electrons. The van der Waals surface area contributed by atoms with Crippen LogP contribution in [-0.2, 0) is 12.8 Å². The van der Waals surface area contributed by atoms with Gasteiger partial charge in [0.2, 0.25) is 0 Å². The Hall–Kier alpha value is 0.0374. The molecule has 2 nitrogen and oxygen atoms in total. The number of aromatic nitrogens is 2. The molecule has 0 bridgehead atoms. The number of hydrogen-bond donors (Lipinski definition) is 0. The number of aryl methyl sites for hydroxylation is 2. The van der Waals surface area contributed by atoms with Crippen LogP contribution in [0.5, 0.6) is 0 Å². The number of hydrogen-bond acceptors (Lipinski definition) is 5. The van der Waals surface area contributed by atoms with Crippen LogP contribution in [0.3, 0.4) is 0 Å². The van der Waals surface area contributed by atoms with E-state index in [0.29, 0.717) is 0 Å². The van der Waals surface area contributed by atoms with Crippen molar-refractivity contribution in [3.8, 4) is 20.9 Å². The predicted molar refractivity (Wildman–Crippen MR) is 241 cm³/mol. The van der Waals surface area contributed by atoms with E-state index >= 15 is 0 Å². The Morgan fingerprint density at radius 3 is 1.08 bits per heavy atom. The summed E-state index contributed by atoms with van der Waals surface area (Å²) in [6.07, 6.45) is 30.5. The van der Waals surface area contributed by atoms with Crippen LogP contribution in [0.4, 0.5) is 0 Å². The van der Waals surface area contributed by atoms with Crippen molar-refractivity contribution in [3.63, 3.8) is 0 Å². The molecule has 3 aromatic heterocycles. The Labute approximate surface area is 334 Å². The second kappa shape index (κ2) is 22.6. The number of fused-ring (bicyclic) bond motifs is 1. The van der Waals surface area contributed by atoms with E-state index < -0.39 is 36.8 Å². The van der Waals surface area contributed by atoms with Gasteiger partial charge in [0.05, 0.1) is 0 Å². The number of benzene rings is 1. The second-order valence-corrected chi connectivity index (χ2v) is 50.7. The molecule has 4 rings (SSSR count). The zero-order valence-electron chi connectivity index (χ0n) is 34.0. The van der Waals surface area contributed by atoms with Crippen molar-refractivity contribution < 1.29 is 0 Å². The molecule has 7 heteroatoms. The van der Waals surface area contributed by atoms with Gasteiger partial charge in [0, 0.05) is 0 Å². The molecule has 4 aromatic rings. The fourth-order valence-corrected chi connectivity index (χ4v) is 24.5. The fraction of sp³-hybridized carbons (Fsp3) is 0.682. The SMILES string of the molecule is CCCCCCCCCCCCc1cc(-c2ccc(-c3cc(CCCCCCCCCCCC)[c]([Sn]([CH3])([CH3])[CH3])s3)c3nsnc23)s[c]1[Sn]([CH3])([CH3])[CH3]. The van der Waals surface area contributed by atoms with E-state index in [2.05, 4.69) is 90.4 Å². The predicted octanol–water partition coefficient (Wildman–Crippen LogP) is 15.2. The summed E-state index contributed by atoms with van der Waals surface area (Å²) in [4.78, 5) is 18.4. The third kappa shape index (κ3) is 13.9. The van der Waals surface area contributed by atoms with E-state index in [1.165, 1.54) is 174 Å². The van der Waals surface area contributed by atoms with Crippen LogP contribution in [-0.4, -0.2) is 45.5 Å². The van der Waals surface area contributed by atoms with Crippen LogP contribution < -0.4 is 5.79 Å². The molecule has 0 saturated heterocycles. The first kappa shape index (κ1) is 43.8. The monoisotopic (exact) mass is 964 g/mol. The van der Waals surface area contributed by atoms with E-state index in [9.17, 15) is 0 Å². The second-order valence-electron chi connectivity index (χ2n) is 17.4. The summed E-state index contributed by atoms with van der Waals surface area (Å²) in [6.45, 7) is 4.61. The number of unbranched alkanes of at least 4 members (excludes halogenated alkanes) is 18. The van der Waals surface area contributed by atoms with E-state index in [1.807, 2.05) is 0 Å². The Kier molecular flexibility index (Phi) is 19.4. The third-order valence-electron chi connectivity index (χ3n) is 10.5. The van der Waals surface area contributed by atoms with Gasteiger partial charge < -0.3 is 0 Å². The van der Waals surface area contributed by atoms with Crippen LogP contribution in [0.2, 0.25) is 29.6 Å². The summed E-state index contributed by atoms with van der Waals surface area (Å²) in [6, 6.07) is 9.90. The van der Waals surface area contributed by atoms with Crippen molar-refractivity contribution in [1.82, 2.24) is 8.75 Å². The zero-order chi connectivity index (χ0) is 36.7. The van der Waals surface area contributed by atoms with E-state index in [1.54, 1.807) is 16.9 Å². The average Bonchev–Trinajstić information content (AvgIpc) is 3.85. The number of thiophene rings is 2. The van der Waals surface area contributed by atoms with Crippen LogP contribution >= 0.6 is 34.4 Å². The Balaban J connectivity index is 1.43. The van der Waals surface area contributed by atoms with Crippen molar-refractivity contribution in [2.75, 3.05) is 0 Å². The first-order valence-corrected chi connectivity index (χ1v) is 43.4. The minimum atomic E-state index is -2.28. The molecule has 0 fully saturated rings. The van der Waals surface area contributed by atoms with Gasteiger partial charge in [0.15, 0.2) is 0 Å². The Morgan fingerprint density at radius 2 is 0.765 bits per heavy atom. The zero-order valence-corrected chi connectivity index (χ0v) is 42.1. The molecule has 0 aliphatic carbocycles. The molecule has 0 amide bonds. The minimum absolute atomic E-state index is 1.12. The molecule has 0 atom stereocenters. The summed E-state index contributed by atoms with van der Waals surface area (Å²) < 4.78 is 13.4. The van der Waals surface area contributed by atoms with Gasteiger partial charge in [-0.05, 0) is 0 Å². The van der Waals surface area contributed by atoms with Crippen LogP contribution in [0.15, 0.2) is 24.3 Å². The first-order chi connectivity index (χ1) is 24.5. The van der Waals surface area contributed by atoms with Crippen molar-refractivity contribution >= 4 is 88.0 Å².